The van der Waals surface area contributed by atoms with Gasteiger partial charge in [-0.15, -0.1) is 12.4 Å². The molecule has 0 saturated carbocycles. The van der Waals surface area contributed by atoms with Crippen molar-refractivity contribution in [3.8, 4) is 5.75 Å². The first kappa shape index (κ1) is 20.9. The highest BCUT2D eigenvalue weighted by Gasteiger charge is 2.39. The smallest absolute Gasteiger partial charge is 0.261 e. The third-order valence-corrected chi connectivity index (χ3v) is 6.89. The second-order valence-corrected chi connectivity index (χ2v) is 8.40. The number of phenols is 1. The molecule has 1 fully saturated rings. The Balaban J connectivity index is 0.00000218. The highest BCUT2D eigenvalue weighted by Crippen LogP contribution is 2.43. The molecule has 0 unspecified atom stereocenters. The van der Waals surface area contributed by atoms with Crippen molar-refractivity contribution in [3.63, 3.8) is 0 Å². The van der Waals surface area contributed by atoms with E-state index in [-0.39, 0.29) is 24.2 Å². The SMILES string of the molecule is Cl.O=C1c2ccccc2C(=O)N1CCCCN1CC[C@H]2c3cccc(O)c3CC[C@H]21. The van der Waals surface area contributed by atoms with Gasteiger partial charge < -0.3 is 5.11 Å². The number of phenolic OH excluding ortho intramolecular Hbond substituents is 1. The molecule has 0 aromatic heterocycles. The van der Waals surface area contributed by atoms with Crippen molar-refractivity contribution in [1.29, 1.82) is 0 Å². The van der Waals surface area contributed by atoms with Crippen LogP contribution in [0.4, 0.5) is 0 Å². The monoisotopic (exact) mass is 426 g/mol. The molecule has 2 aromatic carbocycles. The summed E-state index contributed by atoms with van der Waals surface area (Å²) >= 11 is 0. The van der Waals surface area contributed by atoms with Gasteiger partial charge in [-0.25, -0.2) is 0 Å². The Morgan fingerprint density at radius 3 is 2.33 bits per heavy atom. The highest BCUT2D eigenvalue weighted by molar-refractivity contribution is 6.21. The lowest BCUT2D eigenvalue weighted by atomic mass is 9.79. The number of amides is 2. The third kappa shape index (κ3) is 3.40. The molecular formula is C24H27ClN2O3. The first-order chi connectivity index (χ1) is 14.1. The van der Waals surface area contributed by atoms with Crippen LogP contribution in [-0.2, 0) is 6.42 Å². The zero-order valence-corrected chi connectivity index (χ0v) is 17.7. The van der Waals surface area contributed by atoms with Gasteiger partial charge in [0.05, 0.1) is 11.1 Å². The molecule has 2 aliphatic heterocycles. The van der Waals surface area contributed by atoms with Gasteiger partial charge in [0.2, 0.25) is 0 Å². The van der Waals surface area contributed by atoms with Crippen LogP contribution in [0.5, 0.6) is 5.75 Å². The molecule has 2 amide bonds. The van der Waals surface area contributed by atoms with Crippen LogP contribution in [0.2, 0.25) is 0 Å². The minimum absolute atomic E-state index is 0. The Hall–Kier alpha value is -2.37. The molecule has 1 N–H and O–H groups in total. The van der Waals surface area contributed by atoms with Crippen LogP contribution in [0.25, 0.3) is 0 Å². The van der Waals surface area contributed by atoms with E-state index in [0.29, 0.717) is 35.4 Å². The van der Waals surface area contributed by atoms with Gasteiger partial charge in [0.15, 0.2) is 0 Å². The molecule has 0 radical (unpaired) electrons. The van der Waals surface area contributed by atoms with Crippen molar-refractivity contribution in [2.24, 2.45) is 0 Å². The van der Waals surface area contributed by atoms with E-state index in [1.54, 1.807) is 30.3 Å². The molecule has 158 valence electrons. The molecule has 5 rings (SSSR count). The number of rotatable bonds is 5. The average Bonchev–Trinajstić information content (AvgIpc) is 3.26. The number of fused-ring (bicyclic) bond motifs is 4. The third-order valence-electron chi connectivity index (χ3n) is 6.89. The summed E-state index contributed by atoms with van der Waals surface area (Å²) in [6, 6.07) is 13.6. The fourth-order valence-corrected chi connectivity index (χ4v) is 5.47. The molecule has 6 heteroatoms. The lowest BCUT2D eigenvalue weighted by molar-refractivity contribution is 0.0650. The predicted octanol–water partition coefficient (Wildman–Crippen LogP) is 3.99. The Morgan fingerprint density at radius 2 is 1.60 bits per heavy atom. The number of halogens is 1. The number of likely N-dealkylation sites (tertiary alicyclic amines) is 1. The second kappa shape index (κ2) is 8.40. The Labute approximate surface area is 183 Å². The van der Waals surface area contributed by atoms with E-state index in [0.717, 1.165) is 50.8 Å². The van der Waals surface area contributed by atoms with E-state index in [1.807, 2.05) is 6.07 Å². The minimum atomic E-state index is -0.157. The molecule has 5 nitrogen and oxygen atoms in total. The molecule has 3 aliphatic rings. The lowest BCUT2D eigenvalue weighted by Gasteiger charge is -2.33. The minimum Gasteiger partial charge on any atom is -0.508 e. The number of carbonyl (C=O) groups excluding carboxylic acids is 2. The van der Waals surface area contributed by atoms with Crippen molar-refractivity contribution >= 4 is 24.2 Å². The van der Waals surface area contributed by atoms with Crippen LogP contribution in [0.3, 0.4) is 0 Å². The number of benzene rings is 2. The predicted molar refractivity (Wildman–Crippen MR) is 117 cm³/mol. The van der Waals surface area contributed by atoms with Crippen molar-refractivity contribution < 1.29 is 14.7 Å². The zero-order chi connectivity index (χ0) is 20.0. The van der Waals surface area contributed by atoms with Crippen molar-refractivity contribution in [2.45, 2.75) is 44.1 Å². The maximum Gasteiger partial charge on any atom is 0.261 e. The van der Waals surface area contributed by atoms with Crippen LogP contribution in [-0.4, -0.2) is 52.4 Å². The molecule has 2 atom stereocenters. The maximum atomic E-state index is 12.5. The molecule has 1 saturated heterocycles. The summed E-state index contributed by atoms with van der Waals surface area (Å²) in [6.07, 6.45) is 4.97. The summed E-state index contributed by atoms with van der Waals surface area (Å²) < 4.78 is 0. The van der Waals surface area contributed by atoms with E-state index in [9.17, 15) is 14.7 Å². The van der Waals surface area contributed by atoms with Crippen molar-refractivity contribution in [2.75, 3.05) is 19.6 Å². The van der Waals surface area contributed by atoms with Gasteiger partial charge in [-0.2, -0.15) is 0 Å². The molecule has 0 spiro atoms. The number of hydrogen-bond donors (Lipinski definition) is 1. The average molecular weight is 427 g/mol. The first-order valence-electron chi connectivity index (χ1n) is 10.6. The normalized spacial score (nSPS) is 22.5. The van der Waals surface area contributed by atoms with E-state index in [1.165, 1.54) is 10.5 Å². The van der Waals surface area contributed by atoms with Gasteiger partial charge in [0, 0.05) is 18.5 Å². The number of aromatic hydroxyl groups is 1. The highest BCUT2D eigenvalue weighted by atomic mass is 35.5. The van der Waals surface area contributed by atoms with Gasteiger partial charge in [0.1, 0.15) is 5.75 Å². The van der Waals surface area contributed by atoms with Crippen LogP contribution in [0.15, 0.2) is 42.5 Å². The van der Waals surface area contributed by atoms with Crippen LogP contribution in [0, 0.1) is 0 Å². The van der Waals surface area contributed by atoms with Gasteiger partial charge in [-0.05, 0) is 74.5 Å². The number of imide groups is 1. The quantitative estimate of drug-likeness (QED) is 0.580. The molecule has 1 aliphatic carbocycles. The van der Waals surface area contributed by atoms with E-state index in [2.05, 4.69) is 11.0 Å². The number of unbranched alkanes of at least 4 members (excludes halogenated alkanes) is 1. The summed E-state index contributed by atoms with van der Waals surface area (Å²) in [5, 5.41) is 10.2. The van der Waals surface area contributed by atoms with E-state index in [4.69, 9.17) is 0 Å². The number of hydrogen-bond acceptors (Lipinski definition) is 4. The summed E-state index contributed by atoms with van der Waals surface area (Å²) in [5.41, 5.74) is 3.53. The summed E-state index contributed by atoms with van der Waals surface area (Å²) in [4.78, 5) is 28.9. The number of carbonyl (C=O) groups is 2. The zero-order valence-electron chi connectivity index (χ0n) is 16.9. The number of nitrogens with zero attached hydrogens (tertiary/aromatic N) is 2. The largest absolute Gasteiger partial charge is 0.508 e. The summed E-state index contributed by atoms with van der Waals surface area (Å²) in [6.45, 7) is 2.57. The summed E-state index contributed by atoms with van der Waals surface area (Å²) in [5.74, 6) is 0.647. The maximum absolute atomic E-state index is 12.5. The van der Waals surface area contributed by atoms with Crippen LogP contribution in [0.1, 0.15) is 63.4 Å². The van der Waals surface area contributed by atoms with E-state index < -0.39 is 0 Å². The van der Waals surface area contributed by atoms with Crippen molar-refractivity contribution in [3.05, 3.63) is 64.7 Å². The second-order valence-electron chi connectivity index (χ2n) is 8.40. The molecule has 2 heterocycles. The molecule has 0 bridgehead atoms. The van der Waals surface area contributed by atoms with Crippen molar-refractivity contribution in [1.82, 2.24) is 9.80 Å². The summed E-state index contributed by atoms with van der Waals surface area (Å²) in [7, 11) is 0. The fourth-order valence-electron chi connectivity index (χ4n) is 5.47. The lowest BCUT2D eigenvalue weighted by Crippen LogP contribution is -2.36. The Morgan fingerprint density at radius 1 is 0.900 bits per heavy atom. The van der Waals surface area contributed by atoms with Gasteiger partial charge in [-0.3, -0.25) is 19.4 Å². The van der Waals surface area contributed by atoms with Crippen LogP contribution >= 0.6 is 12.4 Å². The van der Waals surface area contributed by atoms with Crippen LogP contribution < -0.4 is 0 Å². The molecule has 30 heavy (non-hydrogen) atoms. The molecular weight excluding hydrogens is 400 g/mol. The fraction of sp³-hybridized carbons (Fsp3) is 0.417. The Bertz CT molecular complexity index is 942. The van der Waals surface area contributed by atoms with Gasteiger partial charge in [-0.1, -0.05) is 24.3 Å². The van der Waals surface area contributed by atoms with Gasteiger partial charge in [0.25, 0.3) is 11.8 Å². The first-order valence-corrected chi connectivity index (χ1v) is 10.6. The topological polar surface area (TPSA) is 60.9 Å². The standard InChI is InChI=1S/C24H26N2O3.ClH/c27-22-9-5-8-16-17-12-15-25(21(17)11-10-18(16)22)13-3-4-14-26-23(28)19-6-1-2-7-20(19)24(26)29;/h1-2,5-9,17,21,27H,3-4,10-15H2;1H/t17-,21+;/m0./s1. The van der Waals surface area contributed by atoms with E-state index >= 15 is 0 Å². The van der Waals surface area contributed by atoms with Gasteiger partial charge >= 0.3 is 0 Å². The Kier molecular flexibility index (Phi) is 5.85. The molecule has 2 aromatic rings.